The highest BCUT2D eigenvalue weighted by molar-refractivity contribution is 5.46. The summed E-state index contributed by atoms with van der Waals surface area (Å²) in [4.78, 5) is 8.44. The summed E-state index contributed by atoms with van der Waals surface area (Å²) in [6, 6.07) is 0.230. The molecule has 0 amide bonds. The Balaban J connectivity index is 2.74. The third-order valence-electron chi connectivity index (χ3n) is 2.00. The number of hydrogen-bond donors (Lipinski definition) is 2. The largest absolute Gasteiger partial charge is 0.383 e. The van der Waals surface area contributed by atoms with Crippen LogP contribution in [-0.4, -0.2) is 36.8 Å². The van der Waals surface area contributed by atoms with Gasteiger partial charge in [-0.2, -0.15) is 4.98 Å². The van der Waals surface area contributed by atoms with E-state index in [2.05, 4.69) is 20.6 Å². The Bertz CT molecular complexity index is 316. The van der Waals surface area contributed by atoms with Gasteiger partial charge in [-0.1, -0.05) is 0 Å². The van der Waals surface area contributed by atoms with Crippen LogP contribution in [0.4, 0.5) is 11.8 Å². The Morgan fingerprint density at radius 3 is 2.87 bits per heavy atom. The van der Waals surface area contributed by atoms with E-state index in [0.717, 1.165) is 11.4 Å². The molecule has 5 heteroatoms. The maximum absolute atomic E-state index is 5.05. The SMILES string of the molecule is CNc1ncc(C)c(NC(C)COC)n1. The van der Waals surface area contributed by atoms with Crippen molar-refractivity contribution < 1.29 is 4.74 Å². The lowest BCUT2D eigenvalue weighted by atomic mass is 10.3. The summed E-state index contributed by atoms with van der Waals surface area (Å²) in [5, 5.41) is 6.18. The van der Waals surface area contributed by atoms with Crippen LogP contribution in [0, 0.1) is 6.92 Å². The van der Waals surface area contributed by atoms with Gasteiger partial charge < -0.3 is 15.4 Å². The fourth-order valence-corrected chi connectivity index (χ4v) is 1.23. The number of hydrogen-bond acceptors (Lipinski definition) is 5. The predicted molar refractivity (Wildman–Crippen MR) is 61.3 cm³/mol. The summed E-state index contributed by atoms with van der Waals surface area (Å²) >= 11 is 0. The first-order valence-corrected chi connectivity index (χ1v) is 4.94. The molecule has 1 aromatic heterocycles. The number of methoxy groups -OCH3 is 1. The Morgan fingerprint density at radius 1 is 1.53 bits per heavy atom. The third-order valence-corrected chi connectivity index (χ3v) is 2.00. The minimum absolute atomic E-state index is 0.230. The van der Waals surface area contributed by atoms with Crippen molar-refractivity contribution in [3.05, 3.63) is 11.8 Å². The molecule has 0 fully saturated rings. The van der Waals surface area contributed by atoms with Gasteiger partial charge in [0.15, 0.2) is 0 Å². The van der Waals surface area contributed by atoms with Crippen LogP contribution in [0.25, 0.3) is 0 Å². The predicted octanol–water partition coefficient (Wildman–Crippen LogP) is 1.27. The smallest absolute Gasteiger partial charge is 0.224 e. The van der Waals surface area contributed by atoms with Crippen molar-refractivity contribution in [2.75, 3.05) is 31.4 Å². The van der Waals surface area contributed by atoms with Crippen LogP contribution in [0.3, 0.4) is 0 Å². The second-order valence-electron chi connectivity index (χ2n) is 3.48. The van der Waals surface area contributed by atoms with Gasteiger partial charge in [-0.25, -0.2) is 4.98 Å². The van der Waals surface area contributed by atoms with Crippen molar-refractivity contribution >= 4 is 11.8 Å². The van der Waals surface area contributed by atoms with E-state index in [-0.39, 0.29) is 6.04 Å². The molecule has 0 saturated carbocycles. The van der Waals surface area contributed by atoms with Gasteiger partial charge in [-0.3, -0.25) is 0 Å². The molecule has 0 aromatic carbocycles. The van der Waals surface area contributed by atoms with E-state index in [1.807, 2.05) is 13.8 Å². The zero-order chi connectivity index (χ0) is 11.3. The van der Waals surface area contributed by atoms with Crippen molar-refractivity contribution in [3.8, 4) is 0 Å². The molecule has 0 aliphatic carbocycles. The van der Waals surface area contributed by atoms with Gasteiger partial charge >= 0.3 is 0 Å². The summed E-state index contributed by atoms with van der Waals surface area (Å²) in [6.07, 6.45) is 1.79. The van der Waals surface area contributed by atoms with Crippen LogP contribution >= 0.6 is 0 Å². The summed E-state index contributed by atoms with van der Waals surface area (Å²) in [5.74, 6) is 1.46. The molecule has 1 rings (SSSR count). The highest BCUT2D eigenvalue weighted by atomic mass is 16.5. The molecular formula is C10H18N4O. The first-order chi connectivity index (χ1) is 7.17. The van der Waals surface area contributed by atoms with E-state index in [4.69, 9.17) is 4.74 Å². The van der Waals surface area contributed by atoms with Gasteiger partial charge in [0.05, 0.1) is 6.61 Å². The minimum Gasteiger partial charge on any atom is -0.383 e. The molecule has 1 aromatic rings. The number of rotatable bonds is 5. The summed E-state index contributed by atoms with van der Waals surface area (Å²) < 4.78 is 5.05. The van der Waals surface area contributed by atoms with Crippen LogP contribution in [0.5, 0.6) is 0 Å². The molecule has 0 saturated heterocycles. The summed E-state index contributed by atoms with van der Waals surface area (Å²) in [5.41, 5.74) is 1.02. The van der Waals surface area contributed by atoms with Crippen LogP contribution < -0.4 is 10.6 Å². The summed E-state index contributed by atoms with van der Waals surface area (Å²) in [7, 11) is 3.48. The van der Waals surface area contributed by atoms with E-state index in [9.17, 15) is 0 Å². The average Bonchev–Trinajstić information content (AvgIpc) is 2.21. The Kier molecular flexibility index (Phi) is 4.30. The number of ether oxygens (including phenoxy) is 1. The zero-order valence-electron chi connectivity index (χ0n) is 9.66. The maximum Gasteiger partial charge on any atom is 0.224 e. The Morgan fingerprint density at radius 2 is 2.27 bits per heavy atom. The lowest BCUT2D eigenvalue weighted by molar-refractivity contribution is 0.190. The first-order valence-electron chi connectivity index (χ1n) is 4.94. The molecule has 5 nitrogen and oxygen atoms in total. The van der Waals surface area contributed by atoms with Gasteiger partial charge in [0, 0.05) is 32.0 Å². The number of nitrogens with one attached hydrogen (secondary N) is 2. The van der Waals surface area contributed by atoms with Gasteiger partial charge in [-0.15, -0.1) is 0 Å². The highest BCUT2D eigenvalue weighted by Gasteiger charge is 2.06. The molecule has 15 heavy (non-hydrogen) atoms. The number of nitrogens with zero attached hydrogens (tertiary/aromatic N) is 2. The Hall–Kier alpha value is -1.36. The fraction of sp³-hybridized carbons (Fsp3) is 0.600. The van der Waals surface area contributed by atoms with Gasteiger partial charge in [0.1, 0.15) is 5.82 Å². The lowest BCUT2D eigenvalue weighted by Gasteiger charge is -2.15. The van der Waals surface area contributed by atoms with Crippen LogP contribution in [-0.2, 0) is 4.74 Å². The van der Waals surface area contributed by atoms with E-state index in [0.29, 0.717) is 12.6 Å². The van der Waals surface area contributed by atoms with Crippen LogP contribution in [0.15, 0.2) is 6.20 Å². The van der Waals surface area contributed by atoms with Gasteiger partial charge in [0.25, 0.3) is 0 Å². The highest BCUT2D eigenvalue weighted by Crippen LogP contribution is 2.13. The lowest BCUT2D eigenvalue weighted by Crippen LogP contribution is -2.22. The molecular weight excluding hydrogens is 192 g/mol. The molecule has 0 aliphatic rings. The molecule has 0 bridgehead atoms. The van der Waals surface area contributed by atoms with Crippen molar-refractivity contribution in [1.29, 1.82) is 0 Å². The maximum atomic E-state index is 5.05. The van der Waals surface area contributed by atoms with E-state index < -0.39 is 0 Å². The van der Waals surface area contributed by atoms with Crippen LogP contribution in [0.2, 0.25) is 0 Å². The van der Waals surface area contributed by atoms with E-state index in [1.54, 1.807) is 20.4 Å². The summed E-state index contributed by atoms with van der Waals surface area (Å²) in [6.45, 7) is 4.67. The molecule has 1 unspecified atom stereocenters. The average molecular weight is 210 g/mol. The second-order valence-corrected chi connectivity index (χ2v) is 3.48. The van der Waals surface area contributed by atoms with Crippen molar-refractivity contribution in [3.63, 3.8) is 0 Å². The molecule has 0 aliphatic heterocycles. The number of aromatic nitrogens is 2. The quantitative estimate of drug-likeness (QED) is 0.766. The second kappa shape index (κ2) is 5.50. The first kappa shape index (κ1) is 11.7. The third kappa shape index (κ3) is 3.36. The number of anilines is 2. The number of aryl methyl sites for hydroxylation is 1. The van der Waals surface area contributed by atoms with Gasteiger partial charge in [0.2, 0.25) is 5.95 Å². The molecule has 84 valence electrons. The van der Waals surface area contributed by atoms with Crippen LogP contribution in [0.1, 0.15) is 12.5 Å². The minimum atomic E-state index is 0.230. The zero-order valence-corrected chi connectivity index (χ0v) is 9.66. The van der Waals surface area contributed by atoms with Crippen molar-refractivity contribution in [2.24, 2.45) is 0 Å². The van der Waals surface area contributed by atoms with Gasteiger partial charge in [-0.05, 0) is 13.8 Å². The Labute approximate surface area is 90.3 Å². The van der Waals surface area contributed by atoms with E-state index >= 15 is 0 Å². The molecule has 1 atom stereocenters. The van der Waals surface area contributed by atoms with E-state index in [1.165, 1.54) is 0 Å². The normalized spacial score (nSPS) is 12.3. The van der Waals surface area contributed by atoms with Crippen molar-refractivity contribution in [2.45, 2.75) is 19.9 Å². The molecule has 0 spiro atoms. The molecule has 2 N–H and O–H groups in total. The fourth-order valence-electron chi connectivity index (χ4n) is 1.23. The van der Waals surface area contributed by atoms with Crippen molar-refractivity contribution in [1.82, 2.24) is 9.97 Å². The topological polar surface area (TPSA) is 59.1 Å². The molecule has 0 radical (unpaired) electrons. The standard InChI is InChI=1S/C10H18N4O/c1-7-5-12-10(11-3)14-9(7)13-8(2)6-15-4/h5,8H,6H2,1-4H3,(H2,11,12,13,14). The monoisotopic (exact) mass is 210 g/mol. The molecule has 1 heterocycles.